The smallest absolute Gasteiger partial charge is 0.248 e. The predicted octanol–water partition coefficient (Wildman–Crippen LogP) is 2.47. The summed E-state index contributed by atoms with van der Waals surface area (Å²) in [6.07, 6.45) is 0. The average molecular weight is 296 g/mol. The monoisotopic (exact) mass is 296 g/mol. The molecule has 0 aliphatic carbocycles. The molecule has 1 amide bonds. The molecule has 0 aliphatic heterocycles. The number of anilines is 2. The van der Waals surface area contributed by atoms with Crippen LogP contribution < -0.4 is 16.4 Å². The van der Waals surface area contributed by atoms with Gasteiger partial charge in [0.2, 0.25) is 5.91 Å². The highest BCUT2D eigenvalue weighted by Crippen LogP contribution is 2.12. The minimum absolute atomic E-state index is 0.386. The molecule has 0 saturated heterocycles. The Morgan fingerprint density at radius 1 is 1.10 bits per heavy atom. The lowest BCUT2D eigenvalue weighted by molar-refractivity contribution is 0.100. The number of nitrogens with two attached hydrogens (primary N) is 1. The molecule has 4 N–H and O–H groups in total. The van der Waals surface area contributed by atoms with Gasteiger partial charge in [0, 0.05) is 16.9 Å². The highest BCUT2D eigenvalue weighted by atomic mass is 32.1. The van der Waals surface area contributed by atoms with Gasteiger partial charge in [0.1, 0.15) is 0 Å². The molecule has 0 bridgehead atoms. The summed E-state index contributed by atoms with van der Waals surface area (Å²) in [6, 6.07) is 15.7. The number of nitrogens with one attached hydrogen (secondary N) is 2. The number of amides is 1. The molecule has 0 heterocycles. The molecule has 0 spiro atoms. The first-order chi connectivity index (χ1) is 10.1. The first kappa shape index (κ1) is 14.5. The number of hydrogen-bond acceptors (Lipinski definition) is 3. The Morgan fingerprint density at radius 3 is 2.38 bits per heavy atom. The number of rotatable bonds is 3. The number of benzene rings is 2. The Morgan fingerprint density at radius 2 is 1.76 bits per heavy atom. The maximum absolute atomic E-state index is 11.0. The van der Waals surface area contributed by atoms with E-state index in [0.29, 0.717) is 16.2 Å². The van der Waals surface area contributed by atoms with Crippen molar-refractivity contribution in [2.45, 2.75) is 0 Å². The van der Waals surface area contributed by atoms with E-state index < -0.39 is 5.91 Å². The van der Waals surface area contributed by atoms with Crippen LogP contribution in [0.2, 0.25) is 0 Å². The van der Waals surface area contributed by atoms with Crippen molar-refractivity contribution in [1.29, 1.82) is 5.26 Å². The number of primary amides is 1. The molecule has 0 atom stereocenters. The molecule has 0 aromatic heterocycles. The predicted molar refractivity (Wildman–Crippen MR) is 86.0 cm³/mol. The minimum atomic E-state index is -0.476. The molecule has 2 rings (SSSR count). The fourth-order valence-electron chi connectivity index (χ4n) is 1.68. The lowest BCUT2D eigenvalue weighted by Crippen LogP contribution is -2.19. The van der Waals surface area contributed by atoms with Crippen molar-refractivity contribution in [3.05, 3.63) is 59.7 Å². The van der Waals surface area contributed by atoms with E-state index in [1.54, 1.807) is 42.5 Å². The normalized spacial score (nSPS) is 9.48. The average Bonchev–Trinajstić information content (AvgIpc) is 2.47. The van der Waals surface area contributed by atoms with Gasteiger partial charge in [-0.25, -0.2) is 0 Å². The van der Waals surface area contributed by atoms with Crippen LogP contribution in [-0.4, -0.2) is 11.0 Å². The molecule has 2 aromatic rings. The molecule has 0 saturated carbocycles. The third-order valence-electron chi connectivity index (χ3n) is 2.68. The third kappa shape index (κ3) is 4.03. The second-order valence-corrected chi connectivity index (χ2v) is 4.62. The van der Waals surface area contributed by atoms with E-state index in [4.69, 9.17) is 23.2 Å². The first-order valence-corrected chi connectivity index (χ1v) is 6.47. The van der Waals surface area contributed by atoms with Crippen LogP contribution in [0.4, 0.5) is 11.4 Å². The van der Waals surface area contributed by atoms with Crippen molar-refractivity contribution in [3.63, 3.8) is 0 Å². The summed E-state index contributed by atoms with van der Waals surface area (Å²) in [5.74, 6) is -0.476. The molecule has 0 fully saturated rings. The summed E-state index contributed by atoms with van der Waals surface area (Å²) in [5.41, 5.74) is 7.61. The summed E-state index contributed by atoms with van der Waals surface area (Å²) in [5, 5.41) is 15.2. The summed E-state index contributed by atoms with van der Waals surface area (Å²) in [6.45, 7) is 0. The zero-order chi connectivity index (χ0) is 15.2. The van der Waals surface area contributed by atoms with Gasteiger partial charge in [-0.05, 0) is 54.7 Å². The van der Waals surface area contributed by atoms with E-state index in [1.807, 2.05) is 6.07 Å². The zero-order valence-electron chi connectivity index (χ0n) is 11.0. The van der Waals surface area contributed by atoms with Crippen LogP contribution in [0.5, 0.6) is 0 Å². The van der Waals surface area contributed by atoms with Crippen LogP contribution in [0.15, 0.2) is 48.5 Å². The Balaban J connectivity index is 2.01. The van der Waals surface area contributed by atoms with Gasteiger partial charge in [0.05, 0.1) is 11.6 Å². The second kappa shape index (κ2) is 6.50. The van der Waals surface area contributed by atoms with Crippen LogP contribution in [0.3, 0.4) is 0 Å². The van der Waals surface area contributed by atoms with Crippen molar-refractivity contribution in [2.24, 2.45) is 5.73 Å². The number of nitrogens with zero attached hydrogens (tertiary/aromatic N) is 1. The van der Waals surface area contributed by atoms with Crippen LogP contribution in [0.25, 0.3) is 0 Å². The van der Waals surface area contributed by atoms with Crippen molar-refractivity contribution < 1.29 is 4.79 Å². The van der Waals surface area contributed by atoms with Gasteiger partial charge in [-0.2, -0.15) is 5.26 Å². The van der Waals surface area contributed by atoms with Crippen LogP contribution in [0, 0.1) is 11.3 Å². The van der Waals surface area contributed by atoms with Crippen LogP contribution in [0.1, 0.15) is 15.9 Å². The van der Waals surface area contributed by atoms with E-state index >= 15 is 0 Å². The van der Waals surface area contributed by atoms with Gasteiger partial charge >= 0.3 is 0 Å². The summed E-state index contributed by atoms with van der Waals surface area (Å²) in [4.78, 5) is 11.0. The maximum atomic E-state index is 11.0. The molecule has 0 radical (unpaired) electrons. The van der Waals surface area contributed by atoms with Crippen LogP contribution >= 0.6 is 12.2 Å². The van der Waals surface area contributed by atoms with Crippen molar-refractivity contribution in [1.82, 2.24) is 0 Å². The lowest BCUT2D eigenvalue weighted by Gasteiger charge is -2.10. The van der Waals surface area contributed by atoms with Gasteiger partial charge in [0.25, 0.3) is 0 Å². The van der Waals surface area contributed by atoms with Gasteiger partial charge in [-0.1, -0.05) is 6.07 Å². The number of carbonyl (C=O) groups excluding carboxylic acids is 1. The lowest BCUT2D eigenvalue weighted by atomic mass is 10.2. The Hall–Kier alpha value is -2.91. The largest absolute Gasteiger partial charge is 0.366 e. The molecule has 6 heteroatoms. The molecule has 104 valence electrons. The Kier molecular flexibility index (Phi) is 4.49. The molecule has 0 aliphatic rings. The van der Waals surface area contributed by atoms with E-state index in [0.717, 1.165) is 11.4 Å². The molecule has 2 aromatic carbocycles. The third-order valence-corrected chi connectivity index (χ3v) is 2.88. The van der Waals surface area contributed by atoms with E-state index in [-0.39, 0.29) is 0 Å². The molecule has 5 nitrogen and oxygen atoms in total. The van der Waals surface area contributed by atoms with Crippen molar-refractivity contribution in [3.8, 4) is 6.07 Å². The number of thiocarbonyl (C=S) groups is 1. The van der Waals surface area contributed by atoms with Gasteiger partial charge < -0.3 is 16.4 Å². The standard InChI is InChI=1S/C15H12N4OS/c16-9-10-2-1-3-13(8-10)19-15(21)18-12-6-4-11(5-7-12)14(17)20/h1-8H,(H2,17,20)(H2,18,19,21). The van der Waals surface area contributed by atoms with Gasteiger partial charge in [-0.15, -0.1) is 0 Å². The Labute approximate surface area is 127 Å². The summed E-state index contributed by atoms with van der Waals surface area (Å²) in [7, 11) is 0. The van der Waals surface area contributed by atoms with Gasteiger partial charge in [0.15, 0.2) is 5.11 Å². The van der Waals surface area contributed by atoms with E-state index in [9.17, 15) is 4.79 Å². The van der Waals surface area contributed by atoms with Crippen molar-refractivity contribution in [2.75, 3.05) is 10.6 Å². The van der Waals surface area contributed by atoms with Crippen molar-refractivity contribution >= 4 is 34.6 Å². The summed E-state index contributed by atoms with van der Waals surface area (Å²) >= 11 is 5.19. The van der Waals surface area contributed by atoms with Crippen LogP contribution in [-0.2, 0) is 0 Å². The highest BCUT2D eigenvalue weighted by Gasteiger charge is 2.02. The quantitative estimate of drug-likeness (QED) is 0.757. The molecule has 21 heavy (non-hydrogen) atoms. The zero-order valence-corrected chi connectivity index (χ0v) is 11.8. The molecular formula is C15H12N4OS. The highest BCUT2D eigenvalue weighted by molar-refractivity contribution is 7.80. The summed E-state index contributed by atoms with van der Waals surface area (Å²) < 4.78 is 0. The molecular weight excluding hydrogens is 284 g/mol. The molecule has 0 unspecified atom stereocenters. The number of nitriles is 1. The number of carbonyl (C=O) groups is 1. The van der Waals surface area contributed by atoms with Gasteiger partial charge in [-0.3, -0.25) is 4.79 Å². The SMILES string of the molecule is N#Cc1cccc(NC(=S)Nc2ccc(C(N)=O)cc2)c1. The fourth-order valence-corrected chi connectivity index (χ4v) is 1.91. The maximum Gasteiger partial charge on any atom is 0.248 e. The Bertz CT molecular complexity index is 719. The fraction of sp³-hybridized carbons (Fsp3) is 0. The minimum Gasteiger partial charge on any atom is -0.366 e. The first-order valence-electron chi connectivity index (χ1n) is 6.06. The van der Waals surface area contributed by atoms with E-state index in [2.05, 4.69) is 16.7 Å². The second-order valence-electron chi connectivity index (χ2n) is 4.21. The topological polar surface area (TPSA) is 90.9 Å². The number of hydrogen-bond donors (Lipinski definition) is 3. The van der Waals surface area contributed by atoms with E-state index in [1.165, 1.54) is 0 Å².